The van der Waals surface area contributed by atoms with Gasteiger partial charge in [-0.15, -0.1) is 0 Å². The first-order valence-corrected chi connectivity index (χ1v) is 7.11. The number of benzene rings is 1. The van der Waals surface area contributed by atoms with Crippen molar-refractivity contribution in [1.29, 1.82) is 0 Å². The van der Waals surface area contributed by atoms with Crippen molar-refractivity contribution >= 4 is 29.2 Å². The number of amides is 1. The minimum atomic E-state index is -1.12. The molecule has 0 aromatic heterocycles. The van der Waals surface area contributed by atoms with Crippen LogP contribution in [0.2, 0.25) is 5.02 Å². The van der Waals surface area contributed by atoms with E-state index in [0.29, 0.717) is 10.7 Å². The van der Waals surface area contributed by atoms with E-state index in [-0.39, 0.29) is 32.8 Å². The molecule has 7 nitrogen and oxygen atoms in total. The molecule has 0 radical (unpaired) electrons. The molecule has 0 aliphatic rings. The lowest BCUT2D eigenvalue weighted by atomic mass is 10.2. The third-order valence-corrected chi connectivity index (χ3v) is 2.90. The predicted octanol–water partition coefficient (Wildman–Crippen LogP) is 0.720. The van der Waals surface area contributed by atoms with Crippen LogP contribution in [-0.2, 0) is 14.3 Å². The van der Waals surface area contributed by atoms with Gasteiger partial charge in [0.25, 0.3) is 0 Å². The van der Waals surface area contributed by atoms with Gasteiger partial charge in [0.2, 0.25) is 5.91 Å². The molecule has 1 aromatic carbocycles. The zero-order chi connectivity index (χ0) is 16.4. The Labute approximate surface area is 133 Å². The standard InChI is InChI=1S/C14H19ClN2O5/c15-10-2-1-3-11(8-10)17-13(19)9-12(14(20)21)16-4-6-22-7-5-18/h1-3,8,12,16,18H,4-7,9H2,(H,17,19)(H,20,21). The number of rotatable bonds is 10. The third-order valence-electron chi connectivity index (χ3n) is 2.67. The number of carboxylic acid groups (broad SMARTS) is 1. The summed E-state index contributed by atoms with van der Waals surface area (Å²) in [6.07, 6.45) is -0.220. The van der Waals surface area contributed by atoms with E-state index in [1.807, 2.05) is 0 Å². The Hall–Kier alpha value is -1.67. The van der Waals surface area contributed by atoms with Gasteiger partial charge in [0.05, 0.1) is 26.2 Å². The van der Waals surface area contributed by atoms with Crippen molar-refractivity contribution in [2.45, 2.75) is 12.5 Å². The summed E-state index contributed by atoms with van der Waals surface area (Å²) in [6.45, 7) is 0.612. The lowest BCUT2D eigenvalue weighted by molar-refractivity contribution is -0.141. The summed E-state index contributed by atoms with van der Waals surface area (Å²) in [5.74, 6) is -1.55. The van der Waals surface area contributed by atoms with E-state index in [1.165, 1.54) is 0 Å². The quantitative estimate of drug-likeness (QED) is 0.471. The second-order valence-corrected chi connectivity index (χ2v) is 4.88. The highest BCUT2D eigenvalue weighted by molar-refractivity contribution is 6.30. The fourth-order valence-corrected chi connectivity index (χ4v) is 1.87. The van der Waals surface area contributed by atoms with Crippen LogP contribution in [0.4, 0.5) is 5.69 Å². The van der Waals surface area contributed by atoms with Crippen LogP contribution < -0.4 is 10.6 Å². The first-order valence-electron chi connectivity index (χ1n) is 6.73. The Morgan fingerprint density at radius 3 is 2.73 bits per heavy atom. The van der Waals surface area contributed by atoms with Crippen molar-refractivity contribution in [3.05, 3.63) is 29.3 Å². The normalized spacial score (nSPS) is 11.9. The molecule has 0 heterocycles. The van der Waals surface area contributed by atoms with Crippen LogP contribution in [0.5, 0.6) is 0 Å². The summed E-state index contributed by atoms with van der Waals surface area (Å²) in [6, 6.07) is 5.58. The number of anilines is 1. The Kier molecular flexibility index (Phi) is 8.46. The zero-order valence-electron chi connectivity index (χ0n) is 11.9. The molecule has 0 saturated carbocycles. The molecule has 4 N–H and O–H groups in total. The molecule has 1 aromatic rings. The highest BCUT2D eigenvalue weighted by Crippen LogP contribution is 2.15. The van der Waals surface area contributed by atoms with Gasteiger partial charge in [-0.2, -0.15) is 0 Å². The second kappa shape index (κ2) is 10.1. The van der Waals surface area contributed by atoms with E-state index < -0.39 is 17.9 Å². The van der Waals surface area contributed by atoms with Crippen LogP contribution in [0, 0.1) is 0 Å². The minimum Gasteiger partial charge on any atom is -0.480 e. The molecule has 1 rings (SSSR count). The third kappa shape index (κ3) is 7.37. The Morgan fingerprint density at radius 1 is 1.32 bits per heavy atom. The van der Waals surface area contributed by atoms with Gasteiger partial charge < -0.3 is 25.6 Å². The number of ether oxygens (including phenoxy) is 1. The summed E-state index contributed by atoms with van der Waals surface area (Å²) >= 11 is 5.81. The SMILES string of the molecule is O=C(CC(NCCOCCO)C(=O)O)Nc1cccc(Cl)c1. The zero-order valence-corrected chi connectivity index (χ0v) is 12.7. The van der Waals surface area contributed by atoms with Crippen LogP contribution in [0.15, 0.2) is 24.3 Å². The molecule has 1 amide bonds. The van der Waals surface area contributed by atoms with Gasteiger partial charge in [-0.1, -0.05) is 17.7 Å². The largest absolute Gasteiger partial charge is 0.480 e. The summed E-state index contributed by atoms with van der Waals surface area (Å²) in [7, 11) is 0. The van der Waals surface area contributed by atoms with E-state index >= 15 is 0 Å². The molecule has 1 atom stereocenters. The number of aliphatic hydroxyl groups is 1. The van der Waals surface area contributed by atoms with Gasteiger partial charge in [0, 0.05) is 17.3 Å². The maximum absolute atomic E-state index is 11.9. The van der Waals surface area contributed by atoms with E-state index in [2.05, 4.69) is 10.6 Å². The summed E-state index contributed by atoms with van der Waals surface area (Å²) in [4.78, 5) is 23.0. The van der Waals surface area contributed by atoms with Gasteiger partial charge >= 0.3 is 5.97 Å². The van der Waals surface area contributed by atoms with Crippen LogP contribution in [0.3, 0.4) is 0 Å². The van der Waals surface area contributed by atoms with Gasteiger partial charge in [0.1, 0.15) is 6.04 Å². The Bertz CT molecular complexity index is 498. The number of aliphatic carboxylic acids is 1. The molecule has 0 spiro atoms. The van der Waals surface area contributed by atoms with Crippen molar-refractivity contribution in [2.24, 2.45) is 0 Å². The highest BCUT2D eigenvalue weighted by atomic mass is 35.5. The van der Waals surface area contributed by atoms with E-state index in [9.17, 15) is 9.59 Å². The number of carbonyl (C=O) groups excluding carboxylic acids is 1. The lowest BCUT2D eigenvalue weighted by Crippen LogP contribution is -2.41. The maximum atomic E-state index is 11.9. The maximum Gasteiger partial charge on any atom is 0.321 e. The fourth-order valence-electron chi connectivity index (χ4n) is 1.68. The molecule has 0 bridgehead atoms. The van der Waals surface area contributed by atoms with Crippen molar-refractivity contribution < 1.29 is 24.5 Å². The number of carboxylic acids is 1. The summed E-state index contributed by atoms with van der Waals surface area (Å²) < 4.78 is 5.01. The highest BCUT2D eigenvalue weighted by Gasteiger charge is 2.20. The monoisotopic (exact) mass is 330 g/mol. The van der Waals surface area contributed by atoms with Crippen molar-refractivity contribution in [1.82, 2.24) is 5.32 Å². The van der Waals surface area contributed by atoms with Crippen molar-refractivity contribution in [3.8, 4) is 0 Å². The van der Waals surface area contributed by atoms with Crippen molar-refractivity contribution in [2.75, 3.05) is 31.7 Å². The molecule has 0 aliphatic heterocycles. The summed E-state index contributed by atoms with van der Waals surface area (Å²) in [5.41, 5.74) is 0.507. The molecular weight excluding hydrogens is 312 g/mol. The number of hydrogen-bond donors (Lipinski definition) is 4. The smallest absolute Gasteiger partial charge is 0.321 e. The lowest BCUT2D eigenvalue weighted by Gasteiger charge is -2.14. The van der Waals surface area contributed by atoms with Crippen molar-refractivity contribution in [3.63, 3.8) is 0 Å². The number of carbonyl (C=O) groups is 2. The van der Waals surface area contributed by atoms with Crippen LogP contribution in [-0.4, -0.2) is 54.5 Å². The van der Waals surface area contributed by atoms with E-state index in [0.717, 1.165) is 0 Å². The Morgan fingerprint density at radius 2 is 2.09 bits per heavy atom. The molecule has 1 unspecified atom stereocenters. The average Bonchev–Trinajstić information content (AvgIpc) is 2.45. The first kappa shape index (κ1) is 18.4. The topological polar surface area (TPSA) is 108 Å². The number of nitrogens with one attached hydrogen (secondary N) is 2. The number of aliphatic hydroxyl groups excluding tert-OH is 1. The fraction of sp³-hybridized carbons (Fsp3) is 0.429. The summed E-state index contributed by atoms with van der Waals surface area (Å²) in [5, 5.41) is 23.4. The van der Waals surface area contributed by atoms with E-state index in [1.54, 1.807) is 24.3 Å². The predicted molar refractivity (Wildman–Crippen MR) is 82.0 cm³/mol. The van der Waals surface area contributed by atoms with Gasteiger partial charge in [-0.3, -0.25) is 9.59 Å². The molecule has 122 valence electrons. The van der Waals surface area contributed by atoms with Gasteiger partial charge in [-0.05, 0) is 18.2 Å². The molecule has 0 fully saturated rings. The Balaban J connectivity index is 2.41. The molecule has 0 saturated heterocycles. The molecule has 0 aliphatic carbocycles. The average molecular weight is 331 g/mol. The second-order valence-electron chi connectivity index (χ2n) is 4.44. The minimum absolute atomic E-state index is 0.0929. The van der Waals surface area contributed by atoms with Crippen LogP contribution >= 0.6 is 11.6 Å². The first-order chi connectivity index (χ1) is 10.5. The number of halogens is 1. The van der Waals surface area contributed by atoms with Gasteiger partial charge in [-0.25, -0.2) is 0 Å². The van der Waals surface area contributed by atoms with Crippen LogP contribution in [0.25, 0.3) is 0 Å². The van der Waals surface area contributed by atoms with Crippen LogP contribution in [0.1, 0.15) is 6.42 Å². The van der Waals surface area contributed by atoms with E-state index in [4.69, 9.17) is 26.6 Å². The molecular formula is C14H19ClN2O5. The molecule has 8 heteroatoms. The number of hydrogen-bond acceptors (Lipinski definition) is 5. The van der Waals surface area contributed by atoms with Gasteiger partial charge in [0.15, 0.2) is 0 Å². The molecule has 22 heavy (non-hydrogen) atoms.